The van der Waals surface area contributed by atoms with Crippen molar-refractivity contribution in [3.8, 4) is 0 Å². The minimum Gasteiger partial charge on any atom is -0.458 e. The van der Waals surface area contributed by atoms with E-state index in [4.69, 9.17) is 20.9 Å². The number of nitrogens with zero attached hydrogens (tertiary/aromatic N) is 2. The summed E-state index contributed by atoms with van der Waals surface area (Å²) in [6, 6.07) is -1.22. The minimum atomic E-state index is -0.611. The van der Waals surface area contributed by atoms with Crippen molar-refractivity contribution < 1.29 is 28.7 Å². The second kappa shape index (κ2) is 14.9. The molecule has 0 aliphatic rings. The molecule has 0 radical (unpaired) electrons. The number of aromatic amines is 2. The molecule has 0 aliphatic heterocycles. The predicted octanol–water partition coefficient (Wildman–Crippen LogP) is 2.06. The SMILES string of the molecule is CC(=O)c1ncc(COC(=O)[C@@H](N)CC(C)C)[nH]1.CC(=O)c1ncc(COC(=O)[C@@H](N)CC(C)C)[nH]1. The van der Waals surface area contributed by atoms with Crippen LogP contribution in [0.5, 0.6) is 0 Å². The van der Waals surface area contributed by atoms with Crippen LogP contribution in [0, 0.1) is 11.8 Å². The first-order chi connectivity index (χ1) is 16.8. The zero-order valence-corrected chi connectivity index (χ0v) is 21.8. The van der Waals surface area contributed by atoms with Crippen LogP contribution in [-0.4, -0.2) is 55.5 Å². The summed E-state index contributed by atoms with van der Waals surface area (Å²) >= 11 is 0. The van der Waals surface area contributed by atoms with E-state index in [2.05, 4.69) is 19.9 Å². The molecule has 0 unspecified atom stereocenters. The van der Waals surface area contributed by atoms with Gasteiger partial charge in [-0.3, -0.25) is 19.2 Å². The lowest BCUT2D eigenvalue weighted by Crippen LogP contribution is -2.33. The number of imidazole rings is 2. The van der Waals surface area contributed by atoms with Crippen LogP contribution in [0.25, 0.3) is 0 Å². The fourth-order valence-electron chi connectivity index (χ4n) is 2.94. The number of H-pyrrole nitrogens is 2. The Morgan fingerprint density at radius 3 is 1.33 bits per heavy atom. The number of Topliss-reactive ketones (excluding diaryl/α,β-unsaturated/α-hetero) is 2. The predicted molar refractivity (Wildman–Crippen MR) is 132 cm³/mol. The summed E-state index contributed by atoms with van der Waals surface area (Å²) in [7, 11) is 0. The Labute approximate surface area is 210 Å². The Bertz CT molecular complexity index is 932. The first kappa shape index (κ1) is 30.7. The van der Waals surface area contributed by atoms with E-state index in [9.17, 15) is 19.2 Å². The van der Waals surface area contributed by atoms with Crippen molar-refractivity contribution in [2.24, 2.45) is 23.3 Å². The van der Waals surface area contributed by atoms with E-state index in [1.54, 1.807) is 0 Å². The smallest absolute Gasteiger partial charge is 0.323 e. The molecular formula is C24H38N6O6. The molecule has 2 heterocycles. The number of ketones is 2. The standard InChI is InChI=1S/2C12H19N3O3/c2*1-7(2)4-10(13)12(17)18-6-9-5-14-11(15-9)8(3)16/h2*5,7,10H,4,6,13H2,1-3H3,(H,14,15)/t2*10-/m00/s1. The molecule has 6 N–H and O–H groups in total. The lowest BCUT2D eigenvalue weighted by Gasteiger charge is -2.12. The highest BCUT2D eigenvalue weighted by molar-refractivity contribution is 5.90. The third kappa shape index (κ3) is 11.4. The molecule has 2 rings (SSSR count). The van der Waals surface area contributed by atoms with Crippen LogP contribution >= 0.6 is 0 Å². The molecule has 2 aromatic heterocycles. The summed E-state index contributed by atoms with van der Waals surface area (Å²) in [6.07, 6.45) is 4.11. The van der Waals surface area contributed by atoms with Crippen molar-refractivity contribution in [3.63, 3.8) is 0 Å². The largest absolute Gasteiger partial charge is 0.458 e. The van der Waals surface area contributed by atoms with E-state index in [1.807, 2.05) is 27.7 Å². The fraction of sp³-hybridized carbons (Fsp3) is 0.583. The molecule has 0 saturated heterocycles. The van der Waals surface area contributed by atoms with Crippen molar-refractivity contribution in [1.29, 1.82) is 0 Å². The molecule has 200 valence electrons. The second-order valence-electron chi connectivity index (χ2n) is 9.31. The maximum Gasteiger partial charge on any atom is 0.323 e. The first-order valence-corrected chi connectivity index (χ1v) is 11.7. The molecule has 0 saturated carbocycles. The van der Waals surface area contributed by atoms with Crippen molar-refractivity contribution in [2.45, 2.75) is 79.7 Å². The van der Waals surface area contributed by atoms with Gasteiger partial charge in [-0.25, -0.2) is 9.97 Å². The molecule has 0 spiro atoms. The Kier molecular flexibility index (Phi) is 12.7. The highest BCUT2D eigenvalue weighted by atomic mass is 16.5. The Morgan fingerprint density at radius 1 is 0.750 bits per heavy atom. The number of aromatic nitrogens is 4. The Morgan fingerprint density at radius 2 is 1.08 bits per heavy atom. The van der Waals surface area contributed by atoms with Gasteiger partial charge in [0.2, 0.25) is 0 Å². The van der Waals surface area contributed by atoms with Gasteiger partial charge >= 0.3 is 11.9 Å². The molecule has 12 heteroatoms. The van der Waals surface area contributed by atoms with Crippen LogP contribution in [0.2, 0.25) is 0 Å². The lowest BCUT2D eigenvalue weighted by molar-refractivity contribution is -0.147. The topological polar surface area (TPSA) is 196 Å². The normalized spacial score (nSPS) is 12.5. The highest BCUT2D eigenvalue weighted by Crippen LogP contribution is 2.07. The van der Waals surface area contributed by atoms with Gasteiger partial charge in [0.1, 0.15) is 25.3 Å². The zero-order valence-electron chi connectivity index (χ0n) is 21.8. The highest BCUT2D eigenvalue weighted by Gasteiger charge is 2.18. The zero-order chi connectivity index (χ0) is 27.4. The minimum absolute atomic E-state index is 0.0465. The number of hydrogen-bond acceptors (Lipinski definition) is 10. The summed E-state index contributed by atoms with van der Waals surface area (Å²) in [6.45, 7) is 10.9. The first-order valence-electron chi connectivity index (χ1n) is 11.7. The van der Waals surface area contributed by atoms with Crippen LogP contribution in [0.1, 0.15) is 87.0 Å². The second-order valence-corrected chi connectivity index (χ2v) is 9.31. The van der Waals surface area contributed by atoms with E-state index >= 15 is 0 Å². The van der Waals surface area contributed by atoms with Gasteiger partial charge in [0.05, 0.1) is 23.8 Å². The van der Waals surface area contributed by atoms with Gasteiger partial charge in [0.25, 0.3) is 0 Å². The fourth-order valence-corrected chi connectivity index (χ4v) is 2.94. The van der Waals surface area contributed by atoms with E-state index in [1.165, 1.54) is 26.2 Å². The quantitative estimate of drug-likeness (QED) is 0.244. The number of carbonyl (C=O) groups excluding carboxylic acids is 4. The molecule has 0 bridgehead atoms. The molecule has 0 amide bonds. The molecule has 0 fully saturated rings. The van der Waals surface area contributed by atoms with Crippen LogP contribution in [-0.2, 0) is 32.3 Å². The van der Waals surface area contributed by atoms with Crippen LogP contribution in [0.3, 0.4) is 0 Å². The molecular weight excluding hydrogens is 468 g/mol. The van der Waals surface area contributed by atoms with E-state index < -0.39 is 24.0 Å². The third-order valence-corrected chi connectivity index (χ3v) is 4.72. The number of nitrogens with one attached hydrogen (secondary N) is 2. The number of ether oxygens (including phenoxy) is 2. The van der Waals surface area contributed by atoms with Crippen LogP contribution < -0.4 is 11.5 Å². The number of esters is 2. The monoisotopic (exact) mass is 506 g/mol. The van der Waals surface area contributed by atoms with Gasteiger partial charge in [0, 0.05) is 13.8 Å². The number of rotatable bonds is 12. The van der Waals surface area contributed by atoms with E-state index in [0.29, 0.717) is 36.1 Å². The third-order valence-electron chi connectivity index (χ3n) is 4.72. The van der Waals surface area contributed by atoms with Gasteiger partial charge in [-0.2, -0.15) is 0 Å². The maximum absolute atomic E-state index is 11.5. The number of nitrogens with two attached hydrogens (primary N) is 2. The van der Waals surface area contributed by atoms with Crippen molar-refractivity contribution in [2.75, 3.05) is 0 Å². The number of hydrogen-bond donors (Lipinski definition) is 4. The maximum atomic E-state index is 11.5. The van der Waals surface area contributed by atoms with Gasteiger partial charge in [-0.15, -0.1) is 0 Å². The average Bonchev–Trinajstić information content (AvgIpc) is 3.45. The van der Waals surface area contributed by atoms with Crippen molar-refractivity contribution >= 4 is 23.5 Å². The molecule has 0 aromatic carbocycles. The van der Waals surface area contributed by atoms with Gasteiger partial charge < -0.3 is 30.9 Å². The average molecular weight is 507 g/mol. The van der Waals surface area contributed by atoms with Gasteiger partial charge in [-0.05, 0) is 24.7 Å². The van der Waals surface area contributed by atoms with Crippen LogP contribution in [0.15, 0.2) is 12.4 Å². The Hall–Kier alpha value is -3.38. The van der Waals surface area contributed by atoms with Gasteiger partial charge in [-0.1, -0.05) is 27.7 Å². The van der Waals surface area contributed by atoms with E-state index in [0.717, 1.165) is 0 Å². The summed E-state index contributed by atoms with van der Waals surface area (Å²) in [5, 5.41) is 0. The number of carbonyl (C=O) groups is 4. The molecule has 36 heavy (non-hydrogen) atoms. The molecule has 0 aliphatic carbocycles. The molecule has 2 aromatic rings. The van der Waals surface area contributed by atoms with Crippen molar-refractivity contribution in [1.82, 2.24) is 19.9 Å². The summed E-state index contributed by atoms with van der Waals surface area (Å²) in [5.41, 5.74) is 12.5. The summed E-state index contributed by atoms with van der Waals surface area (Å²) in [4.78, 5) is 58.4. The summed E-state index contributed by atoms with van der Waals surface area (Å²) < 4.78 is 10.1. The van der Waals surface area contributed by atoms with Crippen LogP contribution in [0.4, 0.5) is 0 Å². The Balaban J connectivity index is 0.000000360. The molecule has 2 atom stereocenters. The van der Waals surface area contributed by atoms with Crippen molar-refractivity contribution in [3.05, 3.63) is 35.4 Å². The summed E-state index contributed by atoms with van der Waals surface area (Å²) in [5.74, 6) is -0.0217. The lowest BCUT2D eigenvalue weighted by atomic mass is 10.1. The van der Waals surface area contributed by atoms with Gasteiger partial charge in [0.15, 0.2) is 23.2 Å². The molecule has 12 nitrogen and oxygen atoms in total. The van der Waals surface area contributed by atoms with E-state index in [-0.39, 0.29) is 36.4 Å².